The zero-order chi connectivity index (χ0) is 44.9. The monoisotopic (exact) mass is 874 g/mol. The number of hydrogen-bond donors (Lipinski definition) is 2. The lowest BCUT2D eigenvalue weighted by Gasteiger charge is -2.40. The molecule has 0 aromatic rings. The van der Waals surface area contributed by atoms with Crippen LogP contribution in [0.25, 0.3) is 0 Å². The molecule has 344 valence electrons. The fourth-order valence-corrected chi connectivity index (χ4v) is 14.1. The van der Waals surface area contributed by atoms with Gasteiger partial charge in [0.25, 0.3) is 0 Å². The van der Waals surface area contributed by atoms with Crippen molar-refractivity contribution in [1.29, 1.82) is 0 Å². The number of alkyl halides is 1. The molecule has 0 bridgehead atoms. The largest absolute Gasteiger partial charge is 0.345 e. The second-order valence-electron chi connectivity index (χ2n) is 21.6. The van der Waals surface area contributed by atoms with Crippen LogP contribution in [0, 0.1) is 44.8 Å². The Hall–Kier alpha value is -2.71. The highest BCUT2D eigenvalue weighted by atomic mass is 32.2. The number of piperidine rings is 1. The van der Waals surface area contributed by atoms with Crippen LogP contribution in [-0.4, -0.2) is 109 Å². The predicted octanol–water partition coefficient (Wildman–Crippen LogP) is 6.54. The van der Waals surface area contributed by atoms with Crippen molar-refractivity contribution in [3.8, 4) is 0 Å². The van der Waals surface area contributed by atoms with Crippen LogP contribution in [0.3, 0.4) is 0 Å². The van der Waals surface area contributed by atoms with E-state index in [4.69, 9.17) is 0 Å². The second kappa shape index (κ2) is 17.7. The van der Waals surface area contributed by atoms with Gasteiger partial charge in [0.15, 0.2) is 11.6 Å². The van der Waals surface area contributed by atoms with E-state index in [-0.39, 0.29) is 83.4 Å². The van der Waals surface area contributed by atoms with E-state index in [0.717, 1.165) is 81.5 Å². The number of hydrogen-bond acceptors (Lipinski definition) is 8. The van der Waals surface area contributed by atoms with Crippen LogP contribution < -0.4 is 10.0 Å². The molecule has 14 heteroatoms. The zero-order valence-electron chi connectivity index (χ0n) is 38.5. The van der Waals surface area contributed by atoms with Gasteiger partial charge < -0.3 is 10.2 Å². The summed E-state index contributed by atoms with van der Waals surface area (Å²) in [4.78, 5) is 77.1. The third-order valence-corrected chi connectivity index (χ3v) is 18.7. The summed E-state index contributed by atoms with van der Waals surface area (Å²) in [7, 11) is -4.38. The summed E-state index contributed by atoms with van der Waals surface area (Å²) in [6.45, 7) is 19.8. The maximum absolute atomic E-state index is 15.4. The number of ketones is 2. The molecule has 4 aliphatic carbocycles. The van der Waals surface area contributed by atoms with Crippen molar-refractivity contribution in [3.05, 3.63) is 12.7 Å². The third kappa shape index (κ3) is 8.53. The highest BCUT2D eigenvalue weighted by Crippen LogP contribution is 2.88. The van der Waals surface area contributed by atoms with Crippen molar-refractivity contribution in [2.45, 2.75) is 176 Å². The van der Waals surface area contributed by atoms with Crippen molar-refractivity contribution in [3.63, 3.8) is 0 Å². The van der Waals surface area contributed by atoms with Crippen LogP contribution in [-0.2, 0) is 34.2 Å². The Labute approximate surface area is 365 Å². The maximum atomic E-state index is 15.4. The molecular weight excluding hydrogens is 798 g/mol. The number of carbonyl (C=O) groups excluding carboxylic acids is 5. The molecule has 2 N–H and O–H groups in total. The first-order valence-corrected chi connectivity index (χ1v) is 24.9. The lowest BCUT2D eigenvalue weighted by molar-refractivity contribution is -0.147. The van der Waals surface area contributed by atoms with Gasteiger partial charge in [-0.05, 0) is 99.8 Å². The molecule has 2 aliphatic heterocycles. The first-order chi connectivity index (χ1) is 28.6. The van der Waals surface area contributed by atoms with Gasteiger partial charge in [0.2, 0.25) is 17.7 Å². The minimum absolute atomic E-state index is 0.00758. The molecule has 3 amide bonds. The average molecular weight is 874 g/mol. The summed E-state index contributed by atoms with van der Waals surface area (Å²) in [6, 6.07) is -1.69. The van der Waals surface area contributed by atoms with E-state index in [1.165, 1.54) is 0 Å². The molecule has 61 heavy (non-hydrogen) atoms. The smallest absolute Gasteiger partial charge is 0.303 e. The minimum atomic E-state index is -4.38. The molecule has 12 nitrogen and oxygen atoms in total. The number of amides is 3. The molecule has 6 aliphatic rings. The van der Waals surface area contributed by atoms with E-state index in [0.29, 0.717) is 13.0 Å². The Kier molecular flexibility index (Phi) is 13.9. The molecular formula is C47H76FN5O7S. The molecule has 7 atom stereocenters. The van der Waals surface area contributed by atoms with Gasteiger partial charge in [-0.25, -0.2) is 9.11 Å². The van der Waals surface area contributed by atoms with Crippen molar-refractivity contribution in [1.82, 2.24) is 24.1 Å². The summed E-state index contributed by atoms with van der Waals surface area (Å²) >= 11 is 0. The summed E-state index contributed by atoms with van der Waals surface area (Å²) in [5, 5.41) is 3.26. The quantitative estimate of drug-likeness (QED) is 0.148. The van der Waals surface area contributed by atoms with Crippen molar-refractivity contribution < 1.29 is 36.8 Å². The lowest BCUT2D eigenvalue weighted by Crippen LogP contribution is -2.57. The first kappa shape index (κ1) is 47.8. The Morgan fingerprint density at radius 2 is 1.59 bits per heavy atom. The molecule has 2 saturated heterocycles. The topological polar surface area (TPSA) is 153 Å². The molecule has 0 unspecified atom stereocenters. The van der Waals surface area contributed by atoms with Gasteiger partial charge in [-0.15, -0.1) is 6.58 Å². The van der Waals surface area contributed by atoms with Crippen LogP contribution in [0.2, 0.25) is 0 Å². The van der Waals surface area contributed by atoms with Crippen LogP contribution in [0.1, 0.15) is 152 Å². The molecule has 6 fully saturated rings. The second-order valence-corrected chi connectivity index (χ2v) is 23.3. The van der Waals surface area contributed by atoms with Gasteiger partial charge in [0.1, 0.15) is 6.67 Å². The number of likely N-dealkylation sites (tertiary alicyclic amines) is 2. The normalized spacial score (nSPS) is 30.8. The minimum Gasteiger partial charge on any atom is -0.345 e. The van der Waals surface area contributed by atoms with Gasteiger partial charge >= 0.3 is 10.2 Å². The van der Waals surface area contributed by atoms with Gasteiger partial charge in [-0.2, -0.15) is 12.7 Å². The Balaban J connectivity index is 1.28. The van der Waals surface area contributed by atoms with E-state index in [9.17, 15) is 32.0 Å². The maximum Gasteiger partial charge on any atom is 0.303 e. The molecule has 0 radical (unpaired) electrons. The highest BCUT2D eigenvalue weighted by Gasteiger charge is 2.85. The average Bonchev–Trinajstić information content (AvgIpc) is 3.92. The standard InChI is InChI=1S/C47H76FN5O7S/c1-10-33-27-45(33,42(58)50-61(59,60)51(11-2)25-23-48)29-38(55)36-28-47(44(8,9)46(47)21-17-22-46)30-53(36)41(57)34(43(5,6)7)26-37(54)39(32-18-13-12-14-19-32)49-40(56)35-20-15-16-24-52(35)31(3)4/h10,31-36,39H,1,11-30H2,2-9H3,(H,49,56)(H,50,58)/t33-,34-,35+,36+,39+,45-,47-/m1/s1. The fraction of sp³-hybridized carbons (Fsp3) is 0.851. The van der Waals surface area contributed by atoms with Crippen LogP contribution in [0.4, 0.5) is 4.39 Å². The van der Waals surface area contributed by atoms with Gasteiger partial charge in [0.05, 0.1) is 23.5 Å². The summed E-state index contributed by atoms with van der Waals surface area (Å²) in [5.41, 5.74) is -2.49. The SMILES string of the molecule is C=C[C@@H]1C[C@]1(CC(=O)[C@@H]1C[C@@]2(CN1C(=O)[C@@H](CC(=O)[C@@H](NC(=O)[C@@H]1CCCCN1C(C)C)C1CCCCC1)C(C)(C)C)C(C)(C)C21CCC1)C(=O)NS(=O)(=O)N(CC)CCF. The molecule has 2 spiro atoms. The number of Topliss-reactive ketones (excluding diaryl/α,β-unsaturated/α-hetero) is 2. The molecule has 0 aromatic heterocycles. The molecule has 2 heterocycles. The van der Waals surface area contributed by atoms with E-state index in [1.807, 2.05) is 20.8 Å². The van der Waals surface area contributed by atoms with E-state index in [1.54, 1.807) is 17.9 Å². The Morgan fingerprint density at radius 3 is 2.11 bits per heavy atom. The fourth-order valence-electron chi connectivity index (χ4n) is 12.9. The van der Waals surface area contributed by atoms with E-state index in [2.05, 4.69) is 49.2 Å². The van der Waals surface area contributed by atoms with Gasteiger partial charge in [0, 0.05) is 49.9 Å². The number of rotatable bonds is 18. The van der Waals surface area contributed by atoms with Crippen molar-refractivity contribution >= 4 is 39.5 Å². The summed E-state index contributed by atoms with van der Waals surface area (Å²) < 4.78 is 42.6. The molecule has 0 aromatic carbocycles. The number of fused-ring (bicyclic) bond motifs is 1. The summed E-state index contributed by atoms with van der Waals surface area (Å²) in [5.74, 6) is -2.90. The number of nitrogens with one attached hydrogen (secondary N) is 2. The van der Waals surface area contributed by atoms with Crippen molar-refractivity contribution in [2.24, 2.45) is 44.8 Å². The number of halogens is 1. The van der Waals surface area contributed by atoms with Crippen LogP contribution in [0.15, 0.2) is 12.7 Å². The lowest BCUT2D eigenvalue weighted by atomic mass is 9.73. The van der Waals surface area contributed by atoms with E-state index >= 15 is 4.79 Å². The van der Waals surface area contributed by atoms with Crippen LogP contribution >= 0.6 is 0 Å². The van der Waals surface area contributed by atoms with Gasteiger partial charge in [-0.3, -0.25) is 28.9 Å². The van der Waals surface area contributed by atoms with E-state index < -0.39 is 64.1 Å². The third-order valence-electron chi connectivity index (χ3n) is 17.1. The highest BCUT2D eigenvalue weighted by molar-refractivity contribution is 7.87. The predicted molar refractivity (Wildman–Crippen MR) is 234 cm³/mol. The first-order valence-electron chi connectivity index (χ1n) is 23.5. The molecule has 4 saturated carbocycles. The number of nitrogens with zero attached hydrogens (tertiary/aromatic N) is 3. The summed E-state index contributed by atoms with van der Waals surface area (Å²) in [6.07, 6.45) is 12.4. The number of carbonyl (C=O) groups is 5. The number of allylic oxidation sites excluding steroid dienone is 1. The molecule has 6 rings (SSSR count). The zero-order valence-corrected chi connectivity index (χ0v) is 39.3. The Morgan fingerprint density at radius 1 is 0.934 bits per heavy atom. The van der Waals surface area contributed by atoms with Crippen molar-refractivity contribution in [2.75, 3.05) is 32.9 Å². The van der Waals surface area contributed by atoms with Gasteiger partial charge in [-0.1, -0.05) is 79.7 Å². The van der Waals surface area contributed by atoms with Crippen LogP contribution in [0.5, 0.6) is 0 Å². The Bertz CT molecular complexity index is 1820.